The Kier molecular flexibility index (Phi) is 6.49. The predicted octanol–water partition coefficient (Wildman–Crippen LogP) is 3.14. The van der Waals surface area contributed by atoms with Crippen LogP contribution in [-0.4, -0.2) is 25.9 Å². The van der Waals surface area contributed by atoms with E-state index in [0.29, 0.717) is 18.9 Å². The van der Waals surface area contributed by atoms with Crippen molar-refractivity contribution in [1.82, 2.24) is 0 Å². The van der Waals surface area contributed by atoms with Crippen molar-refractivity contribution in [2.24, 2.45) is 5.73 Å². The van der Waals surface area contributed by atoms with Gasteiger partial charge in [-0.3, -0.25) is 0 Å². The summed E-state index contributed by atoms with van der Waals surface area (Å²) in [5.41, 5.74) is 5.36. The first-order chi connectivity index (χ1) is 9.03. The highest BCUT2D eigenvalue weighted by atomic mass is 19.4. The van der Waals surface area contributed by atoms with E-state index in [1.165, 1.54) is 6.07 Å². The zero-order valence-electron chi connectivity index (χ0n) is 10.6. The highest BCUT2D eigenvalue weighted by Crippen LogP contribution is 2.28. The van der Waals surface area contributed by atoms with E-state index in [-0.39, 0.29) is 5.75 Å². The Morgan fingerprint density at radius 2 is 1.58 bits per heavy atom. The van der Waals surface area contributed by atoms with E-state index >= 15 is 0 Å². The Balaban J connectivity index is 2.44. The quantitative estimate of drug-likeness (QED) is 0.742. The second-order valence-electron chi connectivity index (χ2n) is 4.05. The number of unbranched alkanes of at least 4 members (excludes halogenated alkanes) is 2. The van der Waals surface area contributed by atoms with Crippen LogP contribution in [0.4, 0.5) is 13.2 Å². The molecule has 0 saturated carbocycles. The molecule has 0 fully saturated rings. The van der Waals surface area contributed by atoms with Crippen molar-refractivity contribution >= 4 is 0 Å². The van der Waals surface area contributed by atoms with E-state index in [4.69, 9.17) is 15.2 Å². The third-order valence-corrected chi connectivity index (χ3v) is 2.35. The third kappa shape index (κ3) is 6.91. The van der Waals surface area contributed by atoms with Crippen molar-refractivity contribution < 1.29 is 22.6 Å². The Labute approximate surface area is 110 Å². The number of halogens is 3. The summed E-state index contributed by atoms with van der Waals surface area (Å²) in [5.74, 6) is 0.443. The maximum absolute atomic E-state index is 12.1. The highest BCUT2D eigenvalue weighted by molar-refractivity contribution is 5.39. The summed E-state index contributed by atoms with van der Waals surface area (Å²) in [4.78, 5) is 0. The van der Waals surface area contributed by atoms with Crippen LogP contribution in [-0.2, 0) is 0 Å². The maximum Gasteiger partial charge on any atom is 0.422 e. The molecule has 0 aromatic heterocycles. The van der Waals surface area contributed by atoms with Crippen LogP contribution in [0.3, 0.4) is 0 Å². The Bertz CT molecular complexity index is 369. The summed E-state index contributed by atoms with van der Waals surface area (Å²) in [5, 5.41) is 0. The normalized spacial score (nSPS) is 11.4. The molecule has 0 bridgehead atoms. The monoisotopic (exact) mass is 277 g/mol. The maximum atomic E-state index is 12.1. The molecule has 2 N–H and O–H groups in total. The summed E-state index contributed by atoms with van der Waals surface area (Å²) in [6.07, 6.45) is -1.70. The van der Waals surface area contributed by atoms with Gasteiger partial charge in [-0.1, -0.05) is 12.1 Å². The largest absolute Gasteiger partial charge is 0.490 e. The fourth-order valence-electron chi connectivity index (χ4n) is 1.45. The second kappa shape index (κ2) is 7.89. The molecule has 0 unspecified atom stereocenters. The smallest absolute Gasteiger partial charge is 0.422 e. The molecule has 1 aromatic carbocycles. The molecular formula is C13H18F3NO2. The van der Waals surface area contributed by atoms with Gasteiger partial charge < -0.3 is 15.2 Å². The van der Waals surface area contributed by atoms with E-state index in [0.717, 1.165) is 19.3 Å². The lowest BCUT2D eigenvalue weighted by Gasteiger charge is -2.13. The molecule has 3 nitrogen and oxygen atoms in total. The van der Waals surface area contributed by atoms with Crippen molar-refractivity contribution in [3.05, 3.63) is 24.3 Å². The van der Waals surface area contributed by atoms with Gasteiger partial charge in [-0.05, 0) is 37.9 Å². The first-order valence-corrected chi connectivity index (χ1v) is 6.14. The molecular weight excluding hydrogens is 259 g/mol. The zero-order valence-corrected chi connectivity index (χ0v) is 10.6. The minimum absolute atomic E-state index is 0.110. The van der Waals surface area contributed by atoms with Crippen LogP contribution in [0.25, 0.3) is 0 Å². The minimum atomic E-state index is -4.35. The van der Waals surface area contributed by atoms with Crippen molar-refractivity contribution in [3.63, 3.8) is 0 Å². The number of ether oxygens (including phenoxy) is 2. The number of hydrogen-bond donors (Lipinski definition) is 1. The highest BCUT2D eigenvalue weighted by Gasteiger charge is 2.28. The number of rotatable bonds is 8. The summed E-state index contributed by atoms with van der Waals surface area (Å²) >= 11 is 0. The fourth-order valence-corrected chi connectivity index (χ4v) is 1.45. The van der Waals surface area contributed by atoms with Gasteiger partial charge in [0, 0.05) is 0 Å². The van der Waals surface area contributed by atoms with Crippen LogP contribution in [0.1, 0.15) is 19.3 Å². The average Bonchev–Trinajstić information content (AvgIpc) is 2.36. The Morgan fingerprint density at radius 3 is 2.16 bits per heavy atom. The lowest BCUT2D eigenvalue weighted by Crippen LogP contribution is -2.19. The van der Waals surface area contributed by atoms with E-state index in [1.54, 1.807) is 18.2 Å². The molecule has 6 heteroatoms. The molecule has 1 aromatic rings. The summed E-state index contributed by atoms with van der Waals surface area (Å²) in [6.45, 7) is -0.252. The molecule has 19 heavy (non-hydrogen) atoms. The number of nitrogens with two attached hydrogens (primary N) is 1. The molecule has 0 aliphatic carbocycles. The van der Waals surface area contributed by atoms with E-state index in [1.807, 2.05) is 0 Å². The van der Waals surface area contributed by atoms with Crippen molar-refractivity contribution in [2.45, 2.75) is 25.4 Å². The van der Waals surface area contributed by atoms with Gasteiger partial charge >= 0.3 is 6.18 Å². The fraction of sp³-hybridized carbons (Fsp3) is 0.538. The lowest BCUT2D eigenvalue weighted by molar-refractivity contribution is -0.153. The number of alkyl halides is 3. The van der Waals surface area contributed by atoms with Crippen molar-refractivity contribution in [3.8, 4) is 11.5 Å². The topological polar surface area (TPSA) is 44.5 Å². The third-order valence-electron chi connectivity index (χ3n) is 2.35. The summed E-state index contributed by atoms with van der Waals surface area (Å²) in [7, 11) is 0. The van der Waals surface area contributed by atoms with Gasteiger partial charge in [0.05, 0.1) is 6.61 Å². The van der Waals surface area contributed by atoms with Crippen LogP contribution in [0.5, 0.6) is 11.5 Å². The molecule has 0 amide bonds. The first-order valence-electron chi connectivity index (χ1n) is 6.14. The van der Waals surface area contributed by atoms with Gasteiger partial charge in [0.1, 0.15) is 0 Å². The number of benzene rings is 1. The molecule has 108 valence electrons. The predicted molar refractivity (Wildman–Crippen MR) is 66.4 cm³/mol. The van der Waals surface area contributed by atoms with Gasteiger partial charge in [-0.2, -0.15) is 13.2 Å². The first kappa shape index (κ1) is 15.6. The van der Waals surface area contributed by atoms with Gasteiger partial charge in [0.15, 0.2) is 18.1 Å². The molecule has 0 spiro atoms. The lowest BCUT2D eigenvalue weighted by atomic mass is 10.2. The van der Waals surface area contributed by atoms with E-state index < -0.39 is 12.8 Å². The molecule has 0 saturated heterocycles. The second-order valence-corrected chi connectivity index (χ2v) is 4.05. The van der Waals surface area contributed by atoms with Crippen LogP contribution in [0.15, 0.2) is 24.3 Å². The van der Waals surface area contributed by atoms with Crippen LogP contribution in [0, 0.1) is 0 Å². The van der Waals surface area contributed by atoms with E-state index in [2.05, 4.69) is 0 Å². The Morgan fingerprint density at radius 1 is 0.947 bits per heavy atom. The number of hydrogen-bond acceptors (Lipinski definition) is 3. The van der Waals surface area contributed by atoms with E-state index in [9.17, 15) is 13.2 Å². The molecule has 0 aliphatic rings. The molecule has 0 aliphatic heterocycles. The van der Waals surface area contributed by atoms with Gasteiger partial charge in [0.25, 0.3) is 0 Å². The molecule has 0 radical (unpaired) electrons. The summed E-state index contributed by atoms with van der Waals surface area (Å²) in [6, 6.07) is 6.35. The molecule has 0 heterocycles. The van der Waals surface area contributed by atoms with Crippen LogP contribution >= 0.6 is 0 Å². The number of para-hydroxylation sites is 2. The molecule has 1 rings (SSSR count). The van der Waals surface area contributed by atoms with Gasteiger partial charge in [-0.15, -0.1) is 0 Å². The summed E-state index contributed by atoms with van der Waals surface area (Å²) < 4.78 is 46.4. The van der Waals surface area contributed by atoms with Crippen molar-refractivity contribution in [1.29, 1.82) is 0 Å². The average molecular weight is 277 g/mol. The standard InChI is InChI=1S/C13H18F3NO2/c14-13(15,16)10-19-12-7-3-2-6-11(12)18-9-5-1-4-8-17/h2-3,6-7H,1,4-5,8-10,17H2. The zero-order chi connectivity index (χ0) is 14.1. The SMILES string of the molecule is NCCCCCOc1ccccc1OCC(F)(F)F. The van der Waals surface area contributed by atoms with Crippen LogP contribution in [0.2, 0.25) is 0 Å². The van der Waals surface area contributed by atoms with Crippen molar-refractivity contribution in [2.75, 3.05) is 19.8 Å². The molecule has 0 atom stereocenters. The van der Waals surface area contributed by atoms with Gasteiger partial charge in [-0.25, -0.2) is 0 Å². The Hall–Kier alpha value is -1.43. The van der Waals surface area contributed by atoms with Gasteiger partial charge in [0.2, 0.25) is 0 Å². The minimum Gasteiger partial charge on any atom is -0.490 e. The van der Waals surface area contributed by atoms with Crippen LogP contribution < -0.4 is 15.2 Å².